The van der Waals surface area contributed by atoms with Crippen molar-refractivity contribution in [3.63, 3.8) is 0 Å². The van der Waals surface area contributed by atoms with Crippen LogP contribution in [0.1, 0.15) is 36.1 Å². The van der Waals surface area contributed by atoms with Crippen LogP contribution in [0.5, 0.6) is 0 Å². The van der Waals surface area contributed by atoms with Gasteiger partial charge < -0.3 is 10.4 Å². The van der Waals surface area contributed by atoms with Gasteiger partial charge in [0, 0.05) is 17.7 Å². The molecule has 1 heterocycles. The zero-order valence-electron chi connectivity index (χ0n) is 11.1. The monoisotopic (exact) mass is 275 g/mol. The van der Waals surface area contributed by atoms with Crippen molar-refractivity contribution >= 4 is 17.5 Å². The molecule has 0 amide bonds. The lowest BCUT2D eigenvalue weighted by atomic mass is 10.2. The third-order valence-electron chi connectivity index (χ3n) is 2.58. The van der Waals surface area contributed by atoms with Gasteiger partial charge in [0.05, 0.1) is 0 Å². The number of hydrogen-bond acceptors (Lipinski definition) is 4. The van der Waals surface area contributed by atoms with Gasteiger partial charge in [0.1, 0.15) is 17.5 Å². The lowest BCUT2D eigenvalue weighted by molar-refractivity contribution is 0.0690. The van der Waals surface area contributed by atoms with Crippen LogP contribution in [0, 0.1) is 5.82 Å². The minimum Gasteiger partial charge on any atom is -0.477 e. The van der Waals surface area contributed by atoms with Crippen LogP contribution in [0.25, 0.3) is 0 Å². The molecule has 0 radical (unpaired) electrons. The maximum Gasteiger partial charge on any atom is 0.354 e. The maximum absolute atomic E-state index is 13.1. The minimum atomic E-state index is -1.13. The Hall–Kier alpha value is -2.50. The highest BCUT2D eigenvalue weighted by molar-refractivity contribution is 5.86. The Kier molecular flexibility index (Phi) is 3.93. The second-order valence-electron chi connectivity index (χ2n) is 4.59. The standard InChI is InChI=1S/C14H14FN3O2/c1-8(2)13-17-11(14(19)20)7-12(18-13)16-10-5-3-4-9(15)6-10/h3-8H,1-2H3,(H,19,20)(H,16,17,18). The highest BCUT2D eigenvalue weighted by Gasteiger charge is 2.12. The van der Waals surface area contributed by atoms with Crippen molar-refractivity contribution in [3.8, 4) is 0 Å². The van der Waals surface area contributed by atoms with Gasteiger partial charge in [0.25, 0.3) is 0 Å². The van der Waals surface area contributed by atoms with E-state index in [0.29, 0.717) is 17.3 Å². The molecule has 2 rings (SSSR count). The van der Waals surface area contributed by atoms with Crippen LogP contribution >= 0.6 is 0 Å². The molecule has 1 aromatic carbocycles. The third-order valence-corrected chi connectivity index (χ3v) is 2.58. The van der Waals surface area contributed by atoms with Gasteiger partial charge in [0.15, 0.2) is 5.69 Å². The smallest absolute Gasteiger partial charge is 0.354 e. The molecule has 0 bridgehead atoms. The van der Waals surface area contributed by atoms with Crippen molar-refractivity contribution in [2.45, 2.75) is 19.8 Å². The SMILES string of the molecule is CC(C)c1nc(Nc2cccc(F)c2)cc(C(=O)O)n1. The lowest BCUT2D eigenvalue weighted by Crippen LogP contribution is -2.09. The molecule has 6 heteroatoms. The normalized spacial score (nSPS) is 10.6. The van der Waals surface area contributed by atoms with E-state index < -0.39 is 5.97 Å². The number of carbonyl (C=O) groups is 1. The van der Waals surface area contributed by atoms with Crippen molar-refractivity contribution in [1.29, 1.82) is 0 Å². The van der Waals surface area contributed by atoms with Crippen LogP contribution in [-0.4, -0.2) is 21.0 Å². The first-order valence-corrected chi connectivity index (χ1v) is 6.10. The summed E-state index contributed by atoms with van der Waals surface area (Å²) in [5.41, 5.74) is 0.400. The molecule has 0 aliphatic carbocycles. The average molecular weight is 275 g/mol. The summed E-state index contributed by atoms with van der Waals surface area (Å²) in [4.78, 5) is 19.3. The molecule has 20 heavy (non-hydrogen) atoms. The van der Waals surface area contributed by atoms with Crippen molar-refractivity contribution < 1.29 is 14.3 Å². The number of aromatic carboxylic acids is 1. The number of carboxylic acids is 1. The first kappa shape index (κ1) is 13.9. The molecule has 0 aliphatic rings. The van der Waals surface area contributed by atoms with E-state index in [1.807, 2.05) is 13.8 Å². The summed E-state index contributed by atoms with van der Waals surface area (Å²) >= 11 is 0. The maximum atomic E-state index is 13.1. The fourth-order valence-electron chi connectivity index (χ4n) is 1.61. The zero-order chi connectivity index (χ0) is 14.7. The van der Waals surface area contributed by atoms with Crippen molar-refractivity contribution in [1.82, 2.24) is 9.97 Å². The van der Waals surface area contributed by atoms with Gasteiger partial charge in [-0.15, -0.1) is 0 Å². The van der Waals surface area contributed by atoms with Crippen LogP contribution in [0.15, 0.2) is 30.3 Å². The van der Waals surface area contributed by atoms with E-state index in [1.54, 1.807) is 12.1 Å². The Labute approximate surface area is 115 Å². The molecule has 0 saturated carbocycles. The highest BCUT2D eigenvalue weighted by Crippen LogP contribution is 2.19. The van der Waals surface area contributed by atoms with Gasteiger partial charge in [-0.05, 0) is 18.2 Å². The quantitative estimate of drug-likeness (QED) is 0.896. The van der Waals surface area contributed by atoms with Crippen LogP contribution in [-0.2, 0) is 0 Å². The predicted molar refractivity (Wildman–Crippen MR) is 72.8 cm³/mol. The summed E-state index contributed by atoms with van der Waals surface area (Å²) in [6.07, 6.45) is 0. The molecular formula is C14H14FN3O2. The van der Waals surface area contributed by atoms with E-state index >= 15 is 0 Å². The molecule has 0 saturated heterocycles. The molecule has 0 fully saturated rings. The molecule has 0 unspecified atom stereocenters. The Morgan fingerprint density at radius 3 is 2.65 bits per heavy atom. The third kappa shape index (κ3) is 3.28. The van der Waals surface area contributed by atoms with Crippen LogP contribution in [0.4, 0.5) is 15.9 Å². The number of aromatic nitrogens is 2. The van der Waals surface area contributed by atoms with Crippen LogP contribution in [0.2, 0.25) is 0 Å². The van der Waals surface area contributed by atoms with Gasteiger partial charge in [-0.1, -0.05) is 19.9 Å². The van der Waals surface area contributed by atoms with Crippen LogP contribution < -0.4 is 5.32 Å². The number of carboxylic acid groups (broad SMARTS) is 1. The summed E-state index contributed by atoms with van der Waals surface area (Å²) < 4.78 is 13.1. The fourth-order valence-corrected chi connectivity index (χ4v) is 1.61. The number of halogens is 1. The second kappa shape index (κ2) is 5.64. The molecule has 0 atom stereocenters. The Morgan fingerprint density at radius 2 is 2.05 bits per heavy atom. The second-order valence-corrected chi connectivity index (χ2v) is 4.59. The summed E-state index contributed by atoms with van der Waals surface area (Å²) in [7, 11) is 0. The largest absolute Gasteiger partial charge is 0.477 e. The summed E-state index contributed by atoms with van der Waals surface area (Å²) in [5.74, 6) is -0.777. The molecule has 2 N–H and O–H groups in total. The summed E-state index contributed by atoms with van der Waals surface area (Å²) in [6.45, 7) is 3.74. The van der Waals surface area contributed by atoms with Crippen LogP contribution in [0.3, 0.4) is 0 Å². The first-order valence-electron chi connectivity index (χ1n) is 6.10. The summed E-state index contributed by atoms with van der Waals surface area (Å²) in [6, 6.07) is 7.17. The molecule has 2 aromatic rings. The molecule has 104 valence electrons. The van der Waals surface area contributed by atoms with E-state index in [1.165, 1.54) is 18.2 Å². The number of nitrogens with one attached hydrogen (secondary N) is 1. The molecule has 0 aliphatic heterocycles. The van der Waals surface area contributed by atoms with E-state index in [4.69, 9.17) is 5.11 Å². The number of nitrogens with zero attached hydrogens (tertiary/aromatic N) is 2. The summed E-state index contributed by atoms with van der Waals surface area (Å²) in [5, 5.41) is 11.9. The van der Waals surface area contributed by atoms with E-state index in [9.17, 15) is 9.18 Å². The van der Waals surface area contributed by atoms with Crippen molar-refractivity contribution in [3.05, 3.63) is 47.7 Å². The van der Waals surface area contributed by atoms with Gasteiger partial charge in [-0.2, -0.15) is 0 Å². The lowest BCUT2D eigenvalue weighted by Gasteiger charge is -2.10. The average Bonchev–Trinajstić information content (AvgIpc) is 2.38. The van der Waals surface area contributed by atoms with Crippen molar-refractivity contribution in [2.75, 3.05) is 5.32 Å². The van der Waals surface area contributed by atoms with Gasteiger partial charge in [0.2, 0.25) is 0 Å². The molecular weight excluding hydrogens is 261 g/mol. The topological polar surface area (TPSA) is 75.1 Å². The van der Waals surface area contributed by atoms with Crippen molar-refractivity contribution in [2.24, 2.45) is 0 Å². The number of hydrogen-bond donors (Lipinski definition) is 2. The predicted octanol–water partition coefficient (Wildman–Crippen LogP) is 3.18. The number of benzene rings is 1. The molecule has 1 aromatic heterocycles. The minimum absolute atomic E-state index is 0.0117. The van der Waals surface area contributed by atoms with E-state index in [2.05, 4.69) is 15.3 Å². The Bertz CT molecular complexity index is 644. The first-order chi connectivity index (χ1) is 9.45. The van der Waals surface area contributed by atoms with Gasteiger partial charge in [-0.25, -0.2) is 19.2 Å². The van der Waals surface area contributed by atoms with Gasteiger partial charge >= 0.3 is 5.97 Å². The number of rotatable bonds is 4. The molecule has 0 spiro atoms. The Morgan fingerprint density at radius 1 is 1.30 bits per heavy atom. The van der Waals surface area contributed by atoms with E-state index in [-0.39, 0.29) is 17.4 Å². The highest BCUT2D eigenvalue weighted by atomic mass is 19.1. The zero-order valence-corrected chi connectivity index (χ0v) is 11.1. The number of anilines is 2. The fraction of sp³-hybridized carbons (Fsp3) is 0.214. The molecule has 5 nitrogen and oxygen atoms in total. The van der Waals surface area contributed by atoms with Gasteiger partial charge in [-0.3, -0.25) is 0 Å². The van der Waals surface area contributed by atoms with E-state index in [0.717, 1.165) is 0 Å². The Balaban J connectivity index is 2.38.